The predicted molar refractivity (Wildman–Crippen MR) is 137 cm³/mol. The topological polar surface area (TPSA) is 64.2 Å². The van der Waals surface area contributed by atoms with E-state index in [1.165, 1.54) is 11.8 Å². The Morgan fingerprint density at radius 1 is 1.03 bits per heavy atom. The number of fused-ring (bicyclic) bond motifs is 1. The summed E-state index contributed by atoms with van der Waals surface area (Å²) in [4.78, 5) is 19.7. The summed E-state index contributed by atoms with van der Waals surface area (Å²) in [5, 5.41) is 1.15. The maximum Gasteiger partial charge on any atom is 0.316 e. The number of nitrogens with zero attached hydrogens (tertiary/aromatic N) is 1. The molecule has 1 N–H and O–H groups in total. The lowest BCUT2D eigenvalue weighted by Crippen LogP contribution is -2.24. The van der Waals surface area contributed by atoms with Gasteiger partial charge in [-0.25, -0.2) is 4.98 Å². The third-order valence-electron chi connectivity index (χ3n) is 4.47. The normalized spacial score (nSPS) is 11.1. The van der Waals surface area contributed by atoms with E-state index in [9.17, 15) is 4.79 Å². The molecule has 0 saturated heterocycles. The Kier molecular flexibility index (Phi) is 7.16. The van der Waals surface area contributed by atoms with E-state index in [1.807, 2.05) is 81.4 Å². The van der Waals surface area contributed by atoms with E-state index >= 15 is 0 Å². The van der Waals surface area contributed by atoms with Gasteiger partial charge < -0.3 is 14.5 Å². The van der Waals surface area contributed by atoms with Crippen molar-refractivity contribution in [2.24, 2.45) is 0 Å². The number of benzene rings is 3. The highest BCUT2D eigenvalue weighted by Gasteiger charge is 2.17. The molecule has 0 unspecified atom stereocenters. The van der Waals surface area contributed by atoms with Gasteiger partial charge in [0.25, 0.3) is 0 Å². The minimum Gasteiger partial charge on any atom is -0.459 e. The maximum atomic E-state index is 12.0. The number of imidazole rings is 1. The second-order valence-electron chi connectivity index (χ2n) is 8.46. The van der Waals surface area contributed by atoms with Crippen molar-refractivity contribution in [3.8, 4) is 23.3 Å². The number of hydrogen-bond donors (Lipinski definition) is 1. The molecular formula is C27H23ClN2O3S. The molecule has 0 radical (unpaired) electrons. The molecule has 0 saturated carbocycles. The Hall–Kier alpha value is -3.40. The lowest BCUT2D eigenvalue weighted by Gasteiger charge is -2.18. The number of ether oxygens (including phenoxy) is 2. The zero-order valence-electron chi connectivity index (χ0n) is 19.0. The monoisotopic (exact) mass is 490 g/mol. The van der Waals surface area contributed by atoms with Crippen LogP contribution in [0.3, 0.4) is 0 Å². The average Bonchev–Trinajstić information content (AvgIpc) is 3.18. The zero-order valence-corrected chi connectivity index (χ0v) is 20.6. The van der Waals surface area contributed by atoms with Crippen molar-refractivity contribution >= 4 is 40.4 Å². The van der Waals surface area contributed by atoms with Gasteiger partial charge in [0.05, 0.1) is 21.8 Å². The van der Waals surface area contributed by atoms with E-state index in [-0.39, 0.29) is 11.7 Å². The van der Waals surface area contributed by atoms with Crippen LogP contribution in [-0.4, -0.2) is 27.3 Å². The number of rotatable bonds is 5. The second kappa shape index (κ2) is 10.3. The van der Waals surface area contributed by atoms with Gasteiger partial charge in [0, 0.05) is 11.1 Å². The third-order valence-corrected chi connectivity index (χ3v) is 5.63. The van der Waals surface area contributed by atoms with Crippen LogP contribution in [0.4, 0.5) is 0 Å². The smallest absolute Gasteiger partial charge is 0.316 e. The van der Waals surface area contributed by atoms with Gasteiger partial charge in [-0.1, -0.05) is 53.4 Å². The molecule has 0 spiro atoms. The average molecular weight is 491 g/mol. The first-order valence-corrected chi connectivity index (χ1v) is 12.0. The molecule has 172 valence electrons. The van der Waals surface area contributed by atoms with Crippen LogP contribution in [-0.2, 0) is 9.53 Å². The second-order valence-corrected chi connectivity index (χ2v) is 9.83. The van der Waals surface area contributed by atoms with Gasteiger partial charge in [-0.2, -0.15) is 0 Å². The standard InChI is InChI=1S/C27H23ClN2O3S/c1-27(2,3)33-25(31)17-34-26-29-23-15-19(22(28)16-24(23)30-26)12-9-18-10-13-21(14-11-18)32-20-7-5-4-6-8-20/h4-8,10-11,13-16H,17H2,1-3H3,(H,29,30). The van der Waals surface area contributed by atoms with Gasteiger partial charge in [-0.3, -0.25) is 4.79 Å². The van der Waals surface area contributed by atoms with E-state index in [0.29, 0.717) is 15.7 Å². The van der Waals surface area contributed by atoms with Crippen molar-refractivity contribution < 1.29 is 14.3 Å². The highest BCUT2D eigenvalue weighted by molar-refractivity contribution is 7.99. The van der Waals surface area contributed by atoms with Crippen LogP contribution >= 0.6 is 23.4 Å². The maximum absolute atomic E-state index is 12.0. The van der Waals surface area contributed by atoms with Crippen molar-refractivity contribution in [2.45, 2.75) is 31.5 Å². The number of thioether (sulfide) groups is 1. The Balaban J connectivity index is 1.44. The summed E-state index contributed by atoms with van der Waals surface area (Å²) in [6, 6.07) is 20.8. The highest BCUT2D eigenvalue weighted by atomic mass is 35.5. The first-order valence-electron chi connectivity index (χ1n) is 10.6. The number of hydrogen-bond acceptors (Lipinski definition) is 5. The Bertz CT molecular complexity index is 1360. The van der Waals surface area contributed by atoms with Gasteiger partial charge in [-0.05, 0) is 69.3 Å². The van der Waals surface area contributed by atoms with E-state index < -0.39 is 5.60 Å². The van der Waals surface area contributed by atoms with Crippen molar-refractivity contribution in [1.82, 2.24) is 9.97 Å². The number of aromatic amines is 1. The summed E-state index contributed by atoms with van der Waals surface area (Å²) in [5.74, 6) is 7.65. The van der Waals surface area contributed by atoms with Crippen LogP contribution in [0.5, 0.6) is 11.5 Å². The van der Waals surface area contributed by atoms with Crippen LogP contribution in [0.1, 0.15) is 31.9 Å². The number of nitrogens with one attached hydrogen (secondary N) is 1. The summed E-state index contributed by atoms with van der Waals surface area (Å²) in [6.45, 7) is 5.52. The Morgan fingerprint density at radius 3 is 2.44 bits per heavy atom. The summed E-state index contributed by atoms with van der Waals surface area (Å²) in [7, 11) is 0. The minimum atomic E-state index is -0.512. The number of esters is 1. The van der Waals surface area contributed by atoms with E-state index in [1.54, 1.807) is 6.07 Å². The number of aromatic nitrogens is 2. The van der Waals surface area contributed by atoms with E-state index in [4.69, 9.17) is 21.1 Å². The molecule has 0 aliphatic rings. The summed E-state index contributed by atoms with van der Waals surface area (Å²) >= 11 is 7.73. The molecule has 34 heavy (non-hydrogen) atoms. The third kappa shape index (κ3) is 6.57. The molecule has 1 aromatic heterocycles. The SMILES string of the molecule is CC(C)(C)OC(=O)CSc1nc2cc(C#Cc3ccc(Oc4ccccc4)cc3)c(Cl)cc2[nH]1. The minimum absolute atomic E-state index is 0.168. The molecule has 3 aromatic carbocycles. The zero-order chi connectivity index (χ0) is 24.1. The predicted octanol–water partition coefficient (Wildman–Crippen LogP) is 6.84. The number of para-hydroxylation sites is 1. The number of carbonyl (C=O) groups excluding carboxylic acids is 1. The van der Waals surface area contributed by atoms with Crippen LogP contribution in [0, 0.1) is 11.8 Å². The summed E-state index contributed by atoms with van der Waals surface area (Å²) < 4.78 is 11.1. The van der Waals surface area contributed by atoms with Crippen LogP contribution < -0.4 is 4.74 Å². The largest absolute Gasteiger partial charge is 0.459 e. The van der Waals surface area contributed by atoms with E-state index in [2.05, 4.69) is 21.8 Å². The van der Waals surface area contributed by atoms with Gasteiger partial charge in [-0.15, -0.1) is 0 Å². The molecular weight excluding hydrogens is 468 g/mol. The molecule has 5 nitrogen and oxygen atoms in total. The Morgan fingerprint density at radius 2 is 1.74 bits per heavy atom. The van der Waals surface area contributed by atoms with Crippen LogP contribution in [0.15, 0.2) is 71.9 Å². The first-order chi connectivity index (χ1) is 16.2. The van der Waals surface area contributed by atoms with Gasteiger partial charge in [0.1, 0.15) is 17.1 Å². The lowest BCUT2D eigenvalue weighted by molar-refractivity contribution is -0.151. The fraction of sp³-hybridized carbons (Fsp3) is 0.185. The van der Waals surface area contributed by atoms with Crippen LogP contribution in [0.25, 0.3) is 11.0 Å². The molecule has 7 heteroatoms. The quantitative estimate of drug-likeness (QED) is 0.188. The number of H-pyrrole nitrogens is 1. The number of carbonyl (C=O) groups is 1. The highest BCUT2D eigenvalue weighted by Crippen LogP contribution is 2.26. The van der Waals surface area contributed by atoms with Gasteiger partial charge >= 0.3 is 5.97 Å². The summed E-state index contributed by atoms with van der Waals surface area (Å²) in [5.41, 5.74) is 2.51. The molecule has 4 aromatic rings. The molecule has 0 fully saturated rings. The van der Waals surface area contributed by atoms with Crippen molar-refractivity contribution in [1.29, 1.82) is 0 Å². The number of halogens is 1. The first kappa shape index (κ1) is 23.7. The van der Waals surface area contributed by atoms with Crippen molar-refractivity contribution in [3.05, 3.63) is 82.9 Å². The lowest BCUT2D eigenvalue weighted by atomic mass is 10.1. The van der Waals surface area contributed by atoms with E-state index in [0.717, 1.165) is 28.1 Å². The van der Waals surface area contributed by atoms with Gasteiger partial charge in [0.15, 0.2) is 5.16 Å². The van der Waals surface area contributed by atoms with Gasteiger partial charge in [0.2, 0.25) is 0 Å². The Labute approximate surface area is 207 Å². The van der Waals surface area contributed by atoms with Crippen molar-refractivity contribution in [3.63, 3.8) is 0 Å². The summed E-state index contributed by atoms with van der Waals surface area (Å²) in [6.07, 6.45) is 0. The molecule has 4 rings (SSSR count). The fourth-order valence-corrected chi connectivity index (χ4v) is 3.91. The van der Waals surface area contributed by atoms with Crippen molar-refractivity contribution in [2.75, 3.05) is 5.75 Å². The molecule has 1 heterocycles. The molecule has 0 atom stereocenters. The molecule has 0 amide bonds. The fourth-order valence-electron chi connectivity index (χ4n) is 3.04. The molecule has 0 bridgehead atoms. The molecule has 0 aliphatic heterocycles. The molecule has 0 aliphatic carbocycles. The van der Waals surface area contributed by atoms with Crippen LogP contribution in [0.2, 0.25) is 5.02 Å².